The maximum absolute atomic E-state index is 13.4. The minimum Gasteiger partial charge on any atom is -0.395 e. The Morgan fingerprint density at radius 1 is 1.37 bits per heavy atom. The van der Waals surface area contributed by atoms with Gasteiger partial charge in [-0.25, -0.2) is 12.8 Å². The third-order valence-electron chi connectivity index (χ3n) is 3.50. The Balaban J connectivity index is 2.40. The van der Waals surface area contributed by atoms with Crippen LogP contribution >= 0.6 is 0 Å². The van der Waals surface area contributed by atoms with E-state index in [-0.39, 0.29) is 16.0 Å². The lowest BCUT2D eigenvalue weighted by atomic mass is 9.85. The first-order chi connectivity index (χ1) is 8.74. The second kappa shape index (κ2) is 4.76. The molecule has 1 aromatic rings. The van der Waals surface area contributed by atoms with Crippen molar-refractivity contribution in [2.45, 2.75) is 31.6 Å². The van der Waals surface area contributed by atoms with Gasteiger partial charge in [0.1, 0.15) is 10.7 Å². The second-order valence-electron chi connectivity index (χ2n) is 5.76. The van der Waals surface area contributed by atoms with Crippen LogP contribution < -0.4 is 5.73 Å². The van der Waals surface area contributed by atoms with Crippen LogP contribution in [0.5, 0.6) is 0 Å². The van der Waals surface area contributed by atoms with E-state index < -0.39 is 15.8 Å². The van der Waals surface area contributed by atoms with E-state index in [4.69, 9.17) is 5.73 Å². The summed E-state index contributed by atoms with van der Waals surface area (Å²) in [6.45, 7) is 4.96. The molecule has 19 heavy (non-hydrogen) atoms. The van der Waals surface area contributed by atoms with E-state index in [1.807, 2.05) is 13.8 Å². The Kier molecular flexibility index (Phi) is 3.57. The topological polar surface area (TPSA) is 63.4 Å². The van der Waals surface area contributed by atoms with Crippen molar-refractivity contribution in [3.8, 4) is 0 Å². The van der Waals surface area contributed by atoms with Crippen molar-refractivity contribution >= 4 is 15.7 Å². The van der Waals surface area contributed by atoms with Crippen molar-refractivity contribution in [3.63, 3.8) is 0 Å². The van der Waals surface area contributed by atoms with Crippen LogP contribution in [-0.2, 0) is 10.0 Å². The molecule has 4 nitrogen and oxygen atoms in total. The predicted molar refractivity (Wildman–Crippen MR) is 72.6 cm³/mol. The fourth-order valence-electron chi connectivity index (χ4n) is 2.46. The molecule has 1 aromatic carbocycles. The number of rotatable bonds is 2. The third kappa shape index (κ3) is 2.74. The van der Waals surface area contributed by atoms with Crippen LogP contribution in [0.2, 0.25) is 0 Å². The molecule has 0 spiro atoms. The van der Waals surface area contributed by atoms with Gasteiger partial charge in [0.05, 0.1) is 5.69 Å². The number of anilines is 1. The lowest BCUT2D eigenvalue weighted by Gasteiger charge is -2.37. The minimum atomic E-state index is -3.72. The van der Waals surface area contributed by atoms with Gasteiger partial charge in [0.2, 0.25) is 10.0 Å². The van der Waals surface area contributed by atoms with Gasteiger partial charge in [-0.05, 0) is 30.4 Å². The summed E-state index contributed by atoms with van der Waals surface area (Å²) in [5.74, 6) is -0.697. The molecule has 0 radical (unpaired) electrons. The zero-order valence-corrected chi connectivity index (χ0v) is 12.0. The molecule has 1 saturated heterocycles. The quantitative estimate of drug-likeness (QED) is 0.848. The Bertz CT molecular complexity index is 584. The molecule has 2 N–H and O–H groups in total. The van der Waals surface area contributed by atoms with Gasteiger partial charge in [-0.2, -0.15) is 4.31 Å². The molecule has 2 rings (SSSR count). The number of nitrogens with zero attached hydrogens (tertiary/aromatic N) is 1. The lowest BCUT2D eigenvalue weighted by molar-refractivity contribution is 0.187. The van der Waals surface area contributed by atoms with E-state index in [1.165, 1.54) is 16.4 Å². The largest absolute Gasteiger partial charge is 0.395 e. The summed E-state index contributed by atoms with van der Waals surface area (Å²) in [7, 11) is -3.72. The van der Waals surface area contributed by atoms with Gasteiger partial charge in [-0.3, -0.25) is 0 Å². The highest BCUT2D eigenvalue weighted by molar-refractivity contribution is 7.89. The van der Waals surface area contributed by atoms with Gasteiger partial charge in [-0.15, -0.1) is 0 Å². The fourth-order valence-corrected chi connectivity index (χ4v) is 4.25. The molecular formula is C13H19FN2O2S. The Morgan fingerprint density at radius 2 is 2.05 bits per heavy atom. The number of hydrogen-bond donors (Lipinski definition) is 1. The number of nitrogen functional groups attached to an aromatic ring is 1. The monoisotopic (exact) mass is 286 g/mol. The van der Waals surface area contributed by atoms with Crippen molar-refractivity contribution < 1.29 is 12.8 Å². The van der Waals surface area contributed by atoms with Gasteiger partial charge in [0, 0.05) is 13.1 Å². The number of piperidine rings is 1. The molecule has 0 unspecified atom stereocenters. The van der Waals surface area contributed by atoms with E-state index >= 15 is 0 Å². The van der Waals surface area contributed by atoms with Crippen molar-refractivity contribution in [2.24, 2.45) is 5.41 Å². The zero-order valence-electron chi connectivity index (χ0n) is 11.2. The lowest BCUT2D eigenvalue weighted by Crippen LogP contribution is -2.43. The molecule has 0 amide bonds. The van der Waals surface area contributed by atoms with E-state index in [0.717, 1.165) is 18.9 Å². The Morgan fingerprint density at radius 3 is 2.68 bits per heavy atom. The number of benzene rings is 1. The highest BCUT2D eigenvalue weighted by Crippen LogP contribution is 2.33. The van der Waals surface area contributed by atoms with Gasteiger partial charge in [-0.1, -0.05) is 19.9 Å². The van der Waals surface area contributed by atoms with Crippen LogP contribution in [0.3, 0.4) is 0 Å². The Labute approximate surface area is 113 Å². The average molecular weight is 286 g/mol. The van der Waals surface area contributed by atoms with Crippen LogP contribution in [0.1, 0.15) is 26.7 Å². The summed E-state index contributed by atoms with van der Waals surface area (Å²) in [6.07, 6.45) is 1.79. The first-order valence-electron chi connectivity index (χ1n) is 6.28. The van der Waals surface area contributed by atoms with E-state index in [9.17, 15) is 12.8 Å². The molecule has 0 saturated carbocycles. The van der Waals surface area contributed by atoms with E-state index in [1.54, 1.807) is 0 Å². The highest BCUT2D eigenvalue weighted by Gasteiger charge is 2.35. The van der Waals surface area contributed by atoms with Crippen molar-refractivity contribution in [1.82, 2.24) is 4.31 Å². The molecule has 1 heterocycles. The fraction of sp³-hybridized carbons (Fsp3) is 0.538. The minimum absolute atomic E-state index is 0.0621. The van der Waals surface area contributed by atoms with Crippen molar-refractivity contribution in [3.05, 3.63) is 24.0 Å². The molecule has 1 fully saturated rings. The standard InChI is InChI=1S/C13H19FN2O2S/c1-13(2)7-4-8-16(9-13)19(17,18)11-6-3-5-10(14)12(11)15/h3,5-6H,4,7-9,15H2,1-2H3. The van der Waals surface area contributed by atoms with Gasteiger partial charge in [0.15, 0.2) is 0 Å². The smallest absolute Gasteiger partial charge is 0.245 e. The first-order valence-corrected chi connectivity index (χ1v) is 7.72. The van der Waals surface area contributed by atoms with E-state index in [0.29, 0.717) is 13.1 Å². The van der Waals surface area contributed by atoms with Crippen LogP contribution in [0.25, 0.3) is 0 Å². The molecule has 0 aromatic heterocycles. The van der Waals surface area contributed by atoms with Crippen molar-refractivity contribution in [1.29, 1.82) is 0 Å². The van der Waals surface area contributed by atoms with Crippen LogP contribution in [0.4, 0.5) is 10.1 Å². The molecule has 0 aliphatic carbocycles. The van der Waals surface area contributed by atoms with Gasteiger partial charge >= 0.3 is 0 Å². The summed E-state index contributed by atoms with van der Waals surface area (Å²) in [4.78, 5) is -0.134. The van der Waals surface area contributed by atoms with Gasteiger partial charge in [0.25, 0.3) is 0 Å². The van der Waals surface area contributed by atoms with Gasteiger partial charge < -0.3 is 5.73 Å². The molecule has 0 bridgehead atoms. The molecule has 1 aliphatic rings. The zero-order chi connectivity index (χ0) is 14.3. The summed E-state index contributed by atoms with van der Waals surface area (Å²) in [6, 6.07) is 3.89. The molecule has 6 heteroatoms. The van der Waals surface area contributed by atoms with Crippen LogP contribution in [-0.4, -0.2) is 25.8 Å². The van der Waals surface area contributed by atoms with E-state index in [2.05, 4.69) is 0 Å². The third-order valence-corrected chi connectivity index (χ3v) is 5.40. The number of sulfonamides is 1. The normalized spacial score (nSPS) is 20.4. The molecule has 1 aliphatic heterocycles. The molecule has 0 atom stereocenters. The first kappa shape index (κ1) is 14.3. The second-order valence-corrected chi connectivity index (χ2v) is 7.66. The maximum atomic E-state index is 13.4. The maximum Gasteiger partial charge on any atom is 0.245 e. The Hall–Kier alpha value is -1.14. The average Bonchev–Trinajstić information content (AvgIpc) is 2.31. The SMILES string of the molecule is CC1(C)CCCN(S(=O)(=O)c2cccc(F)c2N)C1. The predicted octanol–water partition coefficient (Wildman–Crippen LogP) is 2.22. The van der Waals surface area contributed by atoms with Crippen LogP contribution in [0, 0.1) is 11.2 Å². The number of hydrogen-bond acceptors (Lipinski definition) is 3. The number of nitrogens with two attached hydrogens (primary N) is 1. The van der Waals surface area contributed by atoms with Crippen LogP contribution in [0.15, 0.2) is 23.1 Å². The summed E-state index contributed by atoms with van der Waals surface area (Å²) < 4.78 is 39.9. The summed E-state index contributed by atoms with van der Waals surface area (Å²) >= 11 is 0. The summed E-state index contributed by atoms with van der Waals surface area (Å²) in [5.41, 5.74) is 5.20. The molecule has 106 valence electrons. The highest BCUT2D eigenvalue weighted by atomic mass is 32.2. The number of halogens is 1. The van der Waals surface area contributed by atoms with Crippen molar-refractivity contribution in [2.75, 3.05) is 18.8 Å². The number of para-hydroxylation sites is 1. The summed E-state index contributed by atoms with van der Waals surface area (Å²) in [5, 5.41) is 0. The molecular weight excluding hydrogens is 267 g/mol.